The Balaban J connectivity index is 2.90. The van der Waals surface area contributed by atoms with Crippen molar-refractivity contribution in [1.29, 1.82) is 0 Å². The van der Waals surface area contributed by atoms with Gasteiger partial charge in [-0.15, -0.1) is 6.58 Å². The Labute approximate surface area is 93.9 Å². The molecule has 0 bridgehead atoms. The third-order valence-corrected chi connectivity index (χ3v) is 2.51. The van der Waals surface area contributed by atoms with Crippen molar-refractivity contribution in [1.82, 2.24) is 5.43 Å². The van der Waals surface area contributed by atoms with Crippen LogP contribution in [-0.2, 0) is 0 Å². The zero-order valence-corrected chi connectivity index (χ0v) is 9.10. The summed E-state index contributed by atoms with van der Waals surface area (Å²) >= 11 is 5.69. The molecule has 1 rings (SSSR count). The lowest BCUT2D eigenvalue weighted by Gasteiger charge is -2.16. The summed E-state index contributed by atoms with van der Waals surface area (Å²) in [5.41, 5.74) is 3.07. The Kier molecular flexibility index (Phi) is 4.75. The van der Waals surface area contributed by atoms with Crippen LogP contribution < -0.4 is 11.3 Å². The summed E-state index contributed by atoms with van der Waals surface area (Å²) in [4.78, 5) is 0. The summed E-state index contributed by atoms with van der Waals surface area (Å²) < 4.78 is 13.6. The van der Waals surface area contributed by atoms with Crippen molar-refractivity contribution in [2.75, 3.05) is 0 Å². The number of nitrogens with one attached hydrogen (secondary N) is 1. The highest BCUT2D eigenvalue weighted by molar-refractivity contribution is 6.30. The lowest BCUT2D eigenvalue weighted by Crippen LogP contribution is -2.28. The number of hydrazine groups is 1. The minimum absolute atomic E-state index is 0.117. The SMILES string of the molecule is C=CCCC(NN)c1cccc(Cl)c1F. The molecule has 82 valence electrons. The quantitative estimate of drug-likeness (QED) is 0.462. The summed E-state index contributed by atoms with van der Waals surface area (Å²) in [7, 11) is 0. The molecule has 4 heteroatoms. The van der Waals surface area contributed by atoms with Crippen molar-refractivity contribution < 1.29 is 4.39 Å². The molecule has 1 aromatic rings. The molecule has 0 aromatic heterocycles. The van der Waals surface area contributed by atoms with Gasteiger partial charge in [0.15, 0.2) is 0 Å². The third-order valence-electron chi connectivity index (χ3n) is 2.22. The minimum Gasteiger partial charge on any atom is -0.271 e. The highest BCUT2D eigenvalue weighted by Gasteiger charge is 2.15. The Morgan fingerprint density at radius 1 is 1.60 bits per heavy atom. The maximum atomic E-state index is 13.6. The maximum Gasteiger partial charge on any atom is 0.146 e. The second kappa shape index (κ2) is 5.85. The highest BCUT2D eigenvalue weighted by Crippen LogP contribution is 2.25. The van der Waals surface area contributed by atoms with Crippen LogP contribution in [0.5, 0.6) is 0 Å². The molecule has 15 heavy (non-hydrogen) atoms. The van der Waals surface area contributed by atoms with Gasteiger partial charge >= 0.3 is 0 Å². The molecule has 0 saturated heterocycles. The lowest BCUT2D eigenvalue weighted by molar-refractivity contribution is 0.489. The molecule has 0 amide bonds. The van der Waals surface area contributed by atoms with E-state index in [9.17, 15) is 4.39 Å². The third kappa shape index (κ3) is 3.02. The molecule has 2 nitrogen and oxygen atoms in total. The van der Waals surface area contributed by atoms with Crippen LogP contribution in [0.3, 0.4) is 0 Å². The molecule has 0 aliphatic rings. The van der Waals surface area contributed by atoms with Crippen LogP contribution in [0.25, 0.3) is 0 Å². The van der Waals surface area contributed by atoms with Gasteiger partial charge in [0.05, 0.1) is 5.02 Å². The smallest absolute Gasteiger partial charge is 0.146 e. The number of rotatable bonds is 5. The summed E-state index contributed by atoms with van der Waals surface area (Å²) in [5.74, 6) is 4.96. The molecule has 1 unspecified atom stereocenters. The van der Waals surface area contributed by atoms with Crippen LogP contribution in [0.1, 0.15) is 24.4 Å². The highest BCUT2D eigenvalue weighted by atomic mass is 35.5. The molecule has 1 aromatic carbocycles. The Morgan fingerprint density at radius 2 is 2.33 bits per heavy atom. The lowest BCUT2D eigenvalue weighted by atomic mass is 10.0. The molecule has 0 heterocycles. The van der Waals surface area contributed by atoms with Gasteiger partial charge in [-0.05, 0) is 18.9 Å². The average molecular weight is 229 g/mol. The van der Waals surface area contributed by atoms with Crippen LogP contribution >= 0.6 is 11.6 Å². The first-order valence-corrected chi connectivity index (χ1v) is 5.09. The largest absolute Gasteiger partial charge is 0.271 e. The fourth-order valence-electron chi connectivity index (χ4n) is 1.40. The summed E-state index contributed by atoms with van der Waals surface area (Å²) in [5, 5.41) is 0.117. The molecule has 0 spiro atoms. The van der Waals surface area contributed by atoms with E-state index >= 15 is 0 Å². The van der Waals surface area contributed by atoms with E-state index < -0.39 is 5.82 Å². The van der Waals surface area contributed by atoms with Crippen molar-refractivity contribution >= 4 is 11.6 Å². The number of benzene rings is 1. The number of allylic oxidation sites excluding steroid dienone is 1. The Hall–Kier alpha value is -0.900. The topological polar surface area (TPSA) is 38.0 Å². The van der Waals surface area contributed by atoms with E-state index in [1.165, 1.54) is 6.07 Å². The maximum absolute atomic E-state index is 13.6. The molecular formula is C11H14ClFN2. The molecule has 0 fully saturated rings. The van der Waals surface area contributed by atoms with Gasteiger partial charge in [0.2, 0.25) is 0 Å². The fourth-order valence-corrected chi connectivity index (χ4v) is 1.58. The van der Waals surface area contributed by atoms with Gasteiger partial charge in [0.25, 0.3) is 0 Å². The van der Waals surface area contributed by atoms with E-state index in [2.05, 4.69) is 12.0 Å². The van der Waals surface area contributed by atoms with Gasteiger partial charge in [0, 0.05) is 11.6 Å². The van der Waals surface area contributed by atoms with Gasteiger partial charge in [-0.3, -0.25) is 11.3 Å². The molecular weight excluding hydrogens is 215 g/mol. The Bertz CT molecular complexity index is 341. The average Bonchev–Trinajstić information content (AvgIpc) is 2.25. The van der Waals surface area contributed by atoms with Crippen LogP contribution in [-0.4, -0.2) is 0 Å². The van der Waals surface area contributed by atoms with Gasteiger partial charge in [-0.1, -0.05) is 29.8 Å². The predicted molar refractivity (Wildman–Crippen MR) is 60.9 cm³/mol. The molecule has 0 radical (unpaired) electrons. The van der Waals surface area contributed by atoms with Crippen LogP contribution in [0, 0.1) is 5.82 Å². The van der Waals surface area contributed by atoms with Gasteiger partial charge in [0.1, 0.15) is 5.82 Å². The van der Waals surface area contributed by atoms with E-state index in [-0.39, 0.29) is 11.1 Å². The standard InChI is InChI=1S/C11H14ClFN2/c1-2-3-7-10(15-14)8-5-4-6-9(12)11(8)13/h2,4-6,10,15H,1,3,7,14H2. The summed E-state index contributed by atoms with van der Waals surface area (Å²) in [6.07, 6.45) is 3.23. The second-order valence-corrected chi connectivity index (χ2v) is 3.64. The minimum atomic E-state index is -0.411. The van der Waals surface area contributed by atoms with E-state index in [1.807, 2.05) is 0 Å². The van der Waals surface area contributed by atoms with Crippen molar-refractivity contribution in [3.63, 3.8) is 0 Å². The normalized spacial score (nSPS) is 12.5. The fraction of sp³-hybridized carbons (Fsp3) is 0.273. The molecule has 0 saturated carbocycles. The summed E-state index contributed by atoms with van der Waals surface area (Å²) in [6.45, 7) is 3.61. The monoisotopic (exact) mass is 228 g/mol. The first-order chi connectivity index (χ1) is 7.20. The number of hydrogen-bond donors (Lipinski definition) is 2. The second-order valence-electron chi connectivity index (χ2n) is 3.23. The zero-order chi connectivity index (χ0) is 11.3. The molecule has 3 N–H and O–H groups in total. The van der Waals surface area contributed by atoms with E-state index in [0.717, 1.165) is 6.42 Å². The van der Waals surface area contributed by atoms with Crippen molar-refractivity contribution in [3.05, 3.63) is 47.3 Å². The van der Waals surface area contributed by atoms with Gasteiger partial charge < -0.3 is 0 Å². The number of hydrogen-bond acceptors (Lipinski definition) is 2. The van der Waals surface area contributed by atoms with Gasteiger partial charge in [-0.2, -0.15) is 0 Å². The Morgan fingerprint density at radius 3 is 2.93 bits per heavy atom. The van der Waals surface area contributed by atoms with Crippen molar-refractivity contribution in [2.24, 2.45) is 5.84 Å². The summed E-state index contributed by atoms with van der Waals surface area (Å²) in [6, 6.07) is 4.66. The van der Waals surface area contributed by atoms with E-state index in [0.29, 0.717) is 12.0 Å². The zero-order valence-electron chi connectivity index (χ0n) is 8.34. The first kappa shape index (κ1) is 12.2. The molecule has 0 aliphatic carbocycles. The molecule has 1 atom stereocenters. The van der Waals surface area contributed by atoms with Crippen LogP contribution in [0.4, 0.5) is 4.39 Å². The van der Waals surface area contributed by atoms with Crippen LogP contribution in [0.15, 0.2) is 30.9 Å². The van der Waals surface area contributed by atoms with Crippen molar-refractivity contribution in [3.8, 4) is 0 Å². The van der Waals surface area contributed by atoms with E-state index in [1.54, 1.807) is 18.2 Å². The molecule has 0 aliphatic heterocycles. The first-order valence-electron chi connectivity index (χ1n) is 4.71. The van der Waals surface area contributed by atoms with Crippen LogP contribution in [0.2, 0.25) is 5.02 Å². The number of nitrogens with two attached hydrogens (primary N) is 1. The number of halogens is 2. The van der Waals surface area contributed by atoms with Crippen molar-refractivity contribution in [2.45, 2.75) is 18.9 Å². The van der Waals surface area contributed by atoms with E-state index in [4.69, 9.17) is 17.4 Å². The van der Waals surface area contributed by atoms with Gasteiger partial charge in [-0.25, -0.2) is 4.39 Å². The predicted octanol–water partition coefficient (Wildman–Crippen LogP) is 2.95.